The molecule has 1 rings (SSSR count). The fraction of sp³-hybridized carbons (Fsp3) is 0.786. The minimum Gasteiger partial charge on any atom is -0.313 e. The summed E-state index contributed by atoms with van der Waals surface area (Å²) in [5, 5.41) is 8.65. The minimum atomic E-state index is 0.563. The lowest BCUT2D eigenvalue weighted by atomic mass is 10.1. The normalized spacial score (nSPS) is 14.7. The maximum Gasteiger partial charge on any atom is 0.0522 e. The van der Waals surface area contributed by atoms with Crippen LogP contribution in [-0.4, -0.2) is 33.4 Å². The number of hydrogen-bond acceptors (Lipinski definition) is 3. The van der Waals surface area contributed by atoms with Crippen LogP contribution in [0.4, 0.5) is 0 Å². The molecule has 2 atom stereocenters. The first-order valence-electron chi connectivity index (χ1n) is 6.98. The van der Waals surface area contributed by atoms with Gasteiger partial charge in [0.2, 0.25) is 0 Å². The van der Waals surface area contributed by atoms with Gasteiger partial charge in [0.15, 0.2) is 0 Å². The second kappa shape index (κ2) is 8.59. The largest absolute Gasteiger partial charge is 0.313 e. The summed E-state index contributed by atoms with van der Waals surface area (Å²) in [4.78, 5) is 0. The third-order valence-corrected chi connectivity index (χ3v) is 4.58. The molecule has 1 heterocycles. The monoisotopic (exact) mass is 269 g/mol. The zero-order valence-corrected chi connectivity index (χ0v) is 13.0. The molecule has 104 valence electrons. The van der Waals surface area contributed by atoms with Crippen LogP contribution in [0.1, 0.15) is 39.2 Å². The van der Waals surface area contributed by atoms with Gasteiger partial charge in [-0.05, 0) is 31.4 Å². The lowest BCUT2D eigenvalue weighted by Crippen LogP contribution is -2.34. The Morgan fingerprint density at radius 2 is 2.22 bits per heavy atom. The van der Waals surface area contributed by atoms with E-state index in [1.165, 1.54) is 24.2 Å². The molecule has 1 aromatic heterocycles. The van der Waals surface area contributed by atoms with Gasteiger partial charge in [-0.25, -0.2) is 0 Å². The molecule has 1 N–H and O–H groups in total. The molecule has 0 spiro atoms. The van der Waals surface area contributed by atoms with Crippen molar-refractivity contribution >= 4 is 11.8 Å². The van der Waals surface area contributed by atoms with Crippen molar-refractivity contribution in [2.75, 3.05) is 12.3 Å². The van der Waals surface area contributed by atoms with Crippen LogP contribution in [0, 0.1) is 0 Å². The van der Waals surface area contributed by atoms with Gasteiger partial charge in [0.25, 0.3) is 0 Å². The highest BCUT2D eigenvalue weighted by Crippen LogP contribution is 2.16. The van der Waals surface area contributed by atoms with Gasteiger partial charge in [-0.3, -0.25) is 4.68 Å². The van der Waals surface area contributed by atoms with Crippen molar-refractivity contribution in [3.05, 3.63) is 18.0 Å². The topological polar surface area (TPSA) is 29.9 Å². The molecule has 18 heavy (non-hydrogen) atoms. The number of hydrogen-bond donors (Lipinski definition) is 1. The van der Waals surface area contributed by atoms with E-state index in [0.29, 0.717) is 6.04 Å². The molecular formula is C14H27N3S. The average molecular weight is 269 g/mol. The van der Waals surface area contributed by atoms with Crippen LogP contribution in [0.15, 0.2) is 12.4 Å². The van der Waals surface area contributed by atoms with Crippen LogP contribution in [0.5, 0.6) is 0 Å². The van der Waals surface area contributed by atoms with Crippen molar-refractivity contribution < 1.29 is 0 Å². The third-order valence-electron chi connectivity index (χ3n) is 3.08. The highest BCUT2D eigenvalue weighted by Gasteiger charge is 2.11. The van der Waals surface area contributed by atoms with E-state index in [-0.39, 0.29) is 0 Å². The molecule has 3 nitrogen and oxygen atoms in total. The molecule has 4 heteroatoms. The van der Waals surface area contributed by atoms with E-state index >= 15 is 0 Å². The third kappa shape index (κ3) is 5.91. The van der Waals surface area contributed by atoms with Gasteiger partial charge < -0.3 is 5.32 Å². The molecule has 0 fully saturated rings. The number of aromatic nitrogens is 2. The van der Waals surface area contributed by atoms with Gasteiger partial charge in [0, 0.05) is 30.3 Å². The Bertz CT molecular complexity index is 325. The number of nitrogens with one attached hydrogen (secondary N) is 1. The SMILES string of the molecule is CCCNC(CSC(C)CC)Cc1cnn(C)c1. The quantitative estimate of drug-likeness (QED) is 0.747. The second-order valence-corrected chi connectivity index (χ2v) is 6.40. The summed E-state index contributed by atoms with van der Waals surface area (Å²) >= 11 is 2.07. The Hall–Kier alpha value is -0.480. The first kappa shape index (κ1) is 15.6. The van der Waals surface area contributed by atoms with E-state index in [0.717, 1.165) is 18.2 Å². The standard InChI is InChI=1S/C14H27N3S/c1-5-7-15-14(11-18-12(3)6-2)8-13-9-16-17(4)10-13/h9-10,12,14-15H,5-8,11H2,1-4H3. The van der Waals surface area contributed by atoms with E-state index in [4.69, 9.17) is 0 Å². The Balaban J connectivity index is 2.44. The Morgan fingerprint density at radius 1 is 1.44 bits per heavy atom. The van der Waals surface area contributed by atoms with Crippen LogP contribution >= 0.6 is 11.8 Å². The molecule has 0 saturated carbocycles. The summed E-state index contributed by atoms with van der Waals surface area (Å²) in [6.45, 7) is 7.89. The number of aryl methyl sites for hydroxylation is 1. The van der Waals surface area contributed by atoms with E-state index in [9.17, 15) is 0 Å². The maximum absolute atomic E-state index is 4.24. The van der Waals surface area contributed by atoms with Crippen molar-refractivity contribution in [1.82, 2.24) is 15.1 Å². The van der Waals surface area contributed by atoms with Crippen molar-refractivity contribution in [3.8, 4) is 0 Å². The molecule has 1 aromatic rings. The van der Waals surface area contributed by atoms with Gasteiger partial charge in [-0.2, -0.15) is 16.9 Å². The zero-order valence-electron chi connectivity index (χ0n) is 12.1. The van der Waals surface area contributed by atoms with Gasteiger partial charge in [-0.15, -0.1) is 0 Å². The van der Waals surface area contributed by atoms with E-state index in [2.05, 4.69) is 49.1 Å². The van der Waals surface area contributed by atoms with E-state index in [1.54, 1.807) is 0 Å². The summed E-state index contributed by atoms with van der Waals surface area (Å²) in [7, 11) is 1.98. The van der Waals surface area contributed by atoms with Crippen molar-refractivity contribution in [2.45, 2.75) is 51.3 Å². The van der Waals surface area contributed by atoms with Gasteiger partial charge in [-0.1, -0.05) is 20.8 Å². The first-order valence-corrected chi connectivity index (χ1v) is 8.03. The summed E-state index contributed by atoms with van der Waals surface area (Å²) in [5.41, 5.74) is 1.33. The molecular weight excluding hydrogens is 242 g/mol. The predicted octanol–water partition coefficient (Wildman–Crippen LogP) is 2.86. The van der Waals surface area contributed by atoms with Crippen LogP contribution in [0.3, 0.4) is 0 Å². The Kier molecular flexibility index (Phi) is 7.44. The molecule has 0 bridgehead atoms. The van der Waals surface area contributed by atoms with Crippen molar-refractivity contribution in [1.29, 1.82) is 0 Å². The Morgan fingerprint density at radius 3 is 2.78 bits per heavy atom. The molecule has 2 unspecified atom stereocenters. The molecule has 0 radical (unpaired) electrons. The summed E-state index contributed by atoms with van der Waals surface area (Å²) in [5.74, 6) is 1.18. The van der Waals surface area contributed by atoms with E-state index in [1.807, 2.05) is 17.9 Å². The number of nitrogens with zero attached hydrogens (tertiary/aromatic N) is 2. The molecule has 0 aliphatic rings. The lowest BCUT2D eigenvalue weighted by molar-refractivity contribution is 0.549. The highest BCUT2D eigenvalue weighted by molar-refractivity contribution is 7.99. The molecule has 0 amide bonds. The van der Waals surface area contributed by atoms with E-state index < -0.39 is 0 Å². The van der Waals surface area contributed by atoms with Gasteiger partial charge >= 0.3 is 0 Å². The second-order valence-electron chi connectivity index (χ2n) is 4.93. The van der Waals surface area contributed by atoms with Crippen molar-refractivity contribution in [3.63, 3.8) is 0 Å². The van der Waals surface area contributed by atoms with Crippen LogP contribution in [0.2, 0.25) is 0 Å². The fourth-order valence-corrected chi connectivity index (χ4v) is 2.83. The van der Waals surface area contributed by atoms with Crippen LogP contribution in [-0.2, 0) is 13.5 Å². The van der Waals surface area contributed by atoms with Crippen LogP contribution < -0.4 is 5.32 Å². The fourth-order valence-electron chi connectivity index (χ4n) is 1.80. The summed E-state index contributed by atoms with van der Waals surface area (Å²) in [6, 6.07) is 0.563. The molecule has 0 saturated heterocycles. The number of thioether (sulfide) groups is 1. The predicted molar refractivity (Wildman–Crippen MR) is 81.2 cm³/mol. The van der Waals surface area contributed by atoms with Crippen molar-refractivity contribution in [2.24, 2.45) is 7.05 Å². The molecule has 0 aliphatic heterocycles. The summed E-state index contributed by atoms with van der Waals surface area (Å²) in [6.07, 6.45) is 7.62. The summed E-state index contributed by atoms with van der Waals surface area (Å²) < 4.78 is 1.88. The van der Waals surface area contributed by atoms with Gasteiger partial charge in [0.05, 0.1) is 6.20 Å². The minimum absolute atomic E-state index is 0.563. The Labute approximate surface area is 116 Å². The highest BCUT2D eigenvalue weighted by atomic mass is 32.2. The first-order chi connectivity index (χ1) is 8.65. The smallest absolute Gasteiger partial charge is 0.0522 e. The number of rotatable bonds is 9. The molecule has 0 aliphatic carbocycles. The average Bonchev–Trinajstić information content (AvgIpc) is 2.77. The zero-order chi connectivity index (χ0) is 13.4. The lowest BCUT2D eigenvalue weighted by Gasteiger charge is -2.19. The maximum atomic E-state index is 4.24. The molecule has 0 aromatic carbocycles. The van der Waals surface area contributed by atoms with Gasteiger partial charge in [0.1, 0.15) is 0 Å². The van der Waals surface area contributed by atoms with Crippen LogP contribution in [0.25, 0.3) is 0 Å².